The zero-order chi connectivity index (χ0) is 18.4. The molecule has 0 aliphatic carbocycles. The van der Waals surface area contributed by atoms with Crippen molar-refractivity contribution in [1.29, 1.82) is 0 Å². The van der Waals surface area contributed by atoms with E-state index in [0.29, 0.717) is 30.1 Å². The average Bonchev–Trinajstić information content (AvgIpc) is 3.17. The largest absolute Gasteiger partial charge is 0.492 e. The topological polar surface area (TPSA) is 54.7 Å². The van der Waals surface area contributed by atoms with Gasteiger partial charge in [0.25, 0.3) is 0 Å². The maximum absolute atomic E-state index is 5.97. The standard InChI is InChI=1S/C19H26ClN5O.HI/c1-15-6-9-24(13-18(15)25-10-7-22-14-25)19(21-2)23-8-11-26-17-5-3-4-16(20)12-17;/h3-5,7,10,12,14-15,18H,6,8-9,11,13H2,1-2H3,(H,21,23);1H. The summed E-state index contributed by atoms with van der Waals surface area (Å²) in [6.45, 7) is 5.46. The average molecular weight is 504 g/mol. The molecule has 1 aliphatic heterocycles. The highest BCUT2D eigenvalue weighted by molar-refractivity contribution is 14.0. The third kappa shape index (κ3) is 6.00. The van der Waals surface area contributed by atoms with E-state index >= 15 is 0 Å². The number of nitrogens with zero attached hydrogens (tertiary/aromatic N) is 4. The summed E-state index contributed by atoms with van der Waals surface area (Å²) in [6.07, 6.45) is 6.91. The maximum atomic E-state index is 5.97. The molecule has 0 bridgehead atoms. The minimum absolute atomic E-state index is 0. The lowest BCUT2D eigenvalue weighted by atomic mass is 9.93. The van der Waals surface area contributed by atoms with Crippen molar-refractivity contribution in [1.82, 2.24) is 19.8 Å². The number of aliphatic imine (C=N–C) groups is 1. The van der Waals surface area contributed by atoms with E-state index in [0.717, 1.165) is 31.2 Å². The van der Waals surface area contributed by atoms with Crippen LogP contribution in [0, 0.1) is 5.92 Å². The van der Waals surface area contributed by atoms with Gasteiger partial charge in [0, 0.05) is 37.6 Å². The predicted molar refractivity (Wildman–Crippen MR) is 120 cm³/mol. The smallest absolute Gasteiger partial charge is 0.193 e. The van der Waals surface area contributed by atoms with Gasteiger partial charge in [-0.3, -0.25) is 4.99 Å². The molecular weight excluding hydrogens is 477 g/mol. The van der Waals surface area contributed by atoms with Crippen LogP contribution in [0.4, 0.5) is 0 Å². The first kappa shape index (κ1) is 21.8. The fourth-order valence-electron chi connectivity index (χ4n) is 3.32. The Hall–Kier alpha value is -1.48. The number of imidazole rings is 1. The number of rotatable bonds is 5. The zero-order valence-electron chi connectivity index (χ0n) is 15.7. The van der Waals surface area contributed by atoms with Gasteiger partial charge >= 0.3 is 0 Å². The molecule has 1 aliphatic rings. The molecule has 2 unspecified atom stereocenters. The Labute approximate surface area is 183 Å². The first-order chi connectivity index (χ1) is 12.7. The highest BCUT2D eigenvalue weighted by atomic mass is 127. The van der Waals surface area contributed by atoms with Crippen molar-refractivity contribution in [2.75, 3.05) is 33.3 Å². The first-order valence-electron chi connectivity index (χ1n) is 8.99. The van der Waals surface area contributed by atoms with Gasteiger partial charge in [0.1, 0.15) is 12.4 Å². The van der Waals surface area contributed by atoms with Crippen LogP contribution in [0.15, 0.2) is 48.0 Å². The van der Waals surface area contributed by atoms with Gasteiger partial charge in [0.15, 0.2) is 5.96 Å². The summed E-state index contributed by atoms with van der Waals surface area (Å²) in [5.74, 6) is 2.31. The Kier molecular flexibility index (Phi) is 8.69. The van der Waals surface area contributed by atoms with E-state index in [1.54, 1.807) is 0 Å². The number of guanidine groups is 1. The Bertz CT molecular complexity index is 725. The van der Waals surface area contributed by atoms with Crippen molar-refractivity contribution < 1.29 is 4.74 Å². The predicted octanol–water partition coefficient (Wildman–Crippen LogP) is 3.69. The van der Waals surface area contributed by atoms with Crippen LogP contribution in [0.2, 0.25) is 5.02 Å². The Morgan fingerprint density at radius 3 is 3.00 bits per heavy atom. The summed E-state index contributed by atoms with van der Waals surface area (Å²) in [6, 6.07) is 7.85. The summed E-state index contributed by atoms with van der Waals surface area (Å²) in [4.78, 5) is 10.9. The van der Waals surface area contributed by atoms with Gasteiger partial charge in [-0.05, 0) is 30.5 Å². The van der Waals surface area contributed by atoms with Crippen molar-refractivity contribution in [2.24, 2.45) is 10.9 Å². The second-order valence-electron chi connectivity index (χ2n) is 6.57. The normalized spacial score (nSPS) is 20.1. The van der Waals surface area contributed by atoms with Gasteiger partial charge in [-0.25, -0.2) is 4.98 Å². The molecule has 1 saturated heterocycles. The molecule has 2 aromatic rings. The van der Waals surface area contributed by atoms with E-state index in [1.165, 1.54) is 0 Å². The number of hydrogen-bond acceptors (Lipinski definition) is 3. The molecule has 2 atom stereocenters. The number of piperidine rings is 1. The van der Waals surface area contributed by atoms with Crippen LogP contribution in [-0.2, 0) is 0 Å². The molecule has 8 heteroatoms. The first-order valence-corrected chi connectivity index (χ1v) is 9.36. The molecule has 27 heavy (non-hydrogen) atoms. The molecule has 3 rings (SSSR count). The lowest BCUT2D eigenvalue weighted by molar-refractivity contribution is 0.188. The Balaban J connectivity index is 0.00000261. The van der Waals surface area contributed by atoms with Gasteiger partial charge in [-0.1, -0.05) is 24.6 Å². The number of hydrogen-bond donors (Lipinski definition) is 1. The van der Waals surface area contributed by atoms with Crippen molar-refractivity contribution in [2.45, 2.75) is 19.4 Å². The van der Waals surface area contributed by atoms with Crippen LogP contribution in [0.1, 0.15) is 19.4 Å². The molecule has 2 heterocycles. The molecule has 0 radical (unpaired) electrons. The van der Waals surface area contributed by atoms with E-state index in [9.17, 15) is 0 Å². The molecule has 1 aromatic carbocycles. The molecule has 6 nitrogen and oxygen atoms in total. The van der Waals surface area contributed by atoms with Gasteiger partial charge < -0.3 is 19.5 Å². The summed E-state index contributed by atoms with van der Waals surface area (Å²) in [5, 5.41) is 4.08. The van der Waals surface area contributed by atoms with Gasteiger partial charge in [-0.15, -0.1) is 24.0 Å². The summed E-state index contributed by atoms with van der Waals surface area (Å²) >= 11 is 5.97. The monoisotopic (exact) mass is 503 g/mol. The Morgan fingerprint density at radius 1 is 1.44 bits per heavy atom. The minimum atomic E-state index is 0. The number of likely N-dealkylation sites (tertiary alicyclic amines) is 1. The fourth-order valence-corrected chi connectivity index (χ4v) is 3.50. The van der Waals surface area contributed by atoms with Crippen molar-refractivity contribution in [3.05, 3.63) is 48.0 Å². The molecule has 0 amide bonds. The highest BCUT2D eigenvalue weighted by Crippen LogP contribution is 2.27. The molecule has 0 saturated carbocycles. The lowest BCUT2D eigenvalue weighted by Gasteiger charge is -2.39. The molecular formula is C19H27ClIN5O. The number of ether oxygens (including phenoxy) is 1. The number of halogens is 2. The van der Waals surface area contributed by atoms with E-state index in [4.69, 9.17) is 16.3 Å². The molecule has 148 valence electrons. The molecule has 1 N–H and O–H groups in total. The number of nitrogens with one attached hydrogen (secondary N) is 1. The van der Waals surface area contributed by atoms with Crippen molar-refractivity contribution in [3.8, 4) is 5.75 Å². The second kappa shape index (κ2) is 10.8. The Morgan fingerprint density at radius 2 is 2.30 bits per heavy atom. The van der Waals surface area contributed by atoms with Crippen LogP contribution < -0.4 is 10.1 Å². The van der Waals surface area contributed by atoms with Crippen LogP contribution >= 0.6 is 35.6 Å². The van der Waals surface area contributed by atoms with Gasteiger partial charge in [0.2, 0.25) is 0 Å². The van der Waals surface area contributed by atoms with Crippen molar-refractivity contribution >= 4 is 41.5 Å². The molecule has 0 spiro atoms. The summed E-state index contributed by atoms with van der Waals surface area (Å²) < 4.78 is 7.93. The number of benzene rings is 1. The third-order valence-corrected chi connectivity index (χ3v) is 5.02. The van der Waals surface area contributed by atoms with E-state index in [2.05, 4.69) is 31.7 Å². The molecule has 1 fully saturated rings. The highest BCUT2D eigenvalue weighted by Gasteiger charge is 2.28. The van der Waals surface area contributed by atoms with E-state index in [1.807, 2.05) is 50.0 Å². The summed E-state index contributed by atoms with van der Waals surface area (Å²) in [5.41, 5.74) is 0. The van der Waals surface area contributed by atoms with E-state index < -0.39 is 0 Å². The fraction of sp³-hybridized carbons (Fsp3) is 0.474. The maximum Gasteiger partial charge on any atom is 0.193 e. The van der Waals surface area contributed by atoms with Crippen LogP contribution in [0.3, 0.4) is 0 Å². The SMILES string of the molecule is CN=C(NCCOc1cccc(Cl)c1)N1CCC(C)C(n2ccnc2)C1.I. The number of aromatic nitrogens is 2. The van der Waals surface area contributed by atoms with Crippen LogP contribution in [-0.4, -0.2) is 53.7 Å². The van der Waals surface area contributed by atoms with Crippen LogP contribution in [0.25, 0.3) is 0 Å². The second-order valence-corrected chi connectivity index (χ2v) is 7.01. The van der Waals surface area contributed by atoms with E-state index in [-0.39, 0.29) is 24.0 Å². The molecule has 1 aromatic heterocycles. The minimum Gasteiger partial charge on any atom is -0.492 e. The van der Waals surface area contributed by atoms with Gasteiger partial charge in [-0.2, -0.15) is 0 Å². The summed E-state index contributed by atoms with van der Waals surface area (Å²) in [7, 11) is 1.82. The zero-order valence-corrected chi connectivity index (χ0v) is 18.8. The van der Waals surface area contributed by atoms with Crippen LogP contribution in [0.5, 0.6) is 5.75 Å². The quantitative estimate of drug-likeness (QED) is 0.293. The van der Waals surface area contributed by atoms with Crippen molar-refractivity contribution in [3.63, 3.8) is 0 Å². The third-order valence-electron chi connectivity index (χ3n) is 4.79. The lowest BCUT2D eigenvalue weighted by Crippen LogP contribution is -2.49. The van der Waals surface area contributed by atoms with Gasteiger partial charge in [0.05, 0.1) is 18.9 Å².